The van der Waals surface area contributed by atoms with Gasteiger partial charge in [-0.05, 0) is 41.7 Å². The summed E-state index contributed by atoms with van der Waals surface area (Å²) in [7, 11) is 0. The summed E-state index contributed by atoms with van der Waals surface area (Å²) in [5, 5.41) is 0. The molecule has 1 saturated heterocycles. The van der Waals surface area contributed by atoms with E-state index in [1.54, 1.807) is 0 Å². The van der Waals surface area contributed by atoms with Crippen LogP contribution in [-0.4, -0.2) is 33.2 Å². The molecule has 4 aromatic rings. The van der Waals surface area contributed by atoms with Crippen LogP contribution in [0.1, 0.15) is 53.7 Å². The zero-order valence-corrected chi connectivity index (χ0v) is 22.5. The van der Waals surface area contributed by atoms with Crippen molar-refractivity contribution in [2.45, 2.75) is 56.8 Å². The number of amides is 2. The Balaban J connectivity index is 1.58. The number of nitrogens with zero attached hydrogens (tertiary/aromatic N) is 2. The molecule has 196 valence electrons. The summed E-state index contributed by atoms with van der Waals surface area (Å²) in [6.45, 7) is 4.13. The van der Waals surface area contributed by atoms with E-state index in [1.165, 1.54) is 0 Å². The van der Waals surface area contributed by atoms with E-state index in [4.69, 9.17) is 0 Å². The van der Waals surface area contributed by atoms with Gasteiger partial charge in [0.25, 0.3) is 0 Å². The Morgan fingerprint density at radius 1 is 0.692 bits per heavy atom. The third kappa shape index (κ3) is 4.34. The first-order valence-electron chi connectivity index (χ1n) is 13.9. The van der Waals surface area contributed by atoms with Gasteiger partial charge in [0.05, 0.1) is 12.1 Å². The molecule has 3 aliphatic rings. The summed E-state index contributed by atoms with van der Waals surface area (Å²) >= 11 is 0. The molecule has 39 heavy (non-hydrogen) atoms. The van der Waals surface area contributed by atoms with Gasteiger partial charge in [-0.3, -0.25) is 9.59 Å². The second-order valence-electron chi connectivity index (χ2n) is 11.0. The van der Waals surface area contributed by atoms with Crippen molar-refractivity contribution < 1.29 is 9.59 Å². The van der Waals surface area contributed by atoms with Gasteiger partial charge in [-0.1, -0.05) is 115 Å². The van der Waals surface area contributed by atoms with E-state index in [0.717, 1.165) is 27.8 Å². The van der Waals surface area contributed by atoms with E-state index in [-0.39, 0.29) is 23.9 Å². The fraction of sp³-hybridized carbons (Fsp3) is 0.257. The maximum atomic E-state index is 15.1. The van der Waals surface area contributed by atoms with Crippen LogP contribution >= 0.6 is 0 Å². The molecule has 4 aromatic carbocycles. The zero-order valence-electron chi connectivity index (χ0n) is 22.5. The smallest absolute Gasteiger partial charge is 0.250 e. The van der Waals surface area contributed by atoms with Gasteiger partial charge in [-0.25, -0.2) is 0 Å². The minimum atomic E-state index is -1.07. The van der Waals surface area contributed by atoms with Gasteiger partial charge in [-0.15, -0.1) is 0 Å². The van der Waals surface area contributed by atoms with Crippen molar-refractivity contribution in [1.82, 2.24) is 9.80 Å². The Kier molecular flexibility index (Phi) is 6.56. The highest BCUT2D eigenvalue weighted by Crippen LogP contribution is 2.45. The maximum absolute atomic E-state index is 15.1. The van der Waals surface area contributed by atoms with Crippen molar-refractivity contribution in [2.75, 3.05) is 0 Å². The maximum Gasteiger partial charge on any atom is 0.250 e. The number of hydrogen-bond acceptors (Lipinski definition) is 2. The minimum Gasteiger partial charge on any atom is -0.321 e. The van der Waals surface area contributed by atoms with Crippen LogP contribution in [0, 0.1) is 0 Å². The van der Waals surface area contributed by atoms with Crippen molar-refractivity contribution in [1.29, 1.82) is 0 Å². The summed E-state index contributed by atoms with van der Waals surface area (Å²) in [6, 6.07) is 37.6. The van der Waals surface area contributed by atoms with E-state index >= 15 is 4.79 Å². The van der Waals surface area contributed by atoms with Crippen LogP contribution in [0.15, 0.2) is 115 Å². The lowest BCUT2D eigenvalue weighted by molar-refractivity contribution is -0.178. The largest absolute Gasteiger partial charge is 0.321 e. The van der Waals surface area contributed by atoms with Crippen LogP contribution < -0.4 is 0 Å². The average molecular weight is 515 g/mol. The lowest BCUT2D eigenvalue weighted by Gasteiger charge is -2.57. The summed E-state index contributed by atoms with van der Waals surface area (Å²) < 4.78 is 0. The fourth-order valence-corrected chi connectivity index (χ4v) is 6.71. The van der Waals surface area contributed by atoms with E-state index in [0.29, 0.717) is 19.3 Å². The fourth-order valence-electron chi connectivity index (χ4n) is 6.71. The number of piperazine rings is 1. The van der Waals surface area contributed by atoms with Gasteiger partial charge < -0.3 is 9.80 Å². The van der Waals surface area contributed by atoms with Crippen LogP contribution in [0.2, 0.25) is 0 Å². The summed E-state index contributed by atoms with van der Waals surface area (Å²) in [5.74, 6) is 0.0590. The lowest BCUT2D eigenvalue weighted by Crippen LogP contribution is -2.74. The van der Waals surface area contributed by atoms with Crippen LogP contribution in [0.3, 0.4) is 0 Å². The Labute approximate surface area is 230 Å². The first-order chi connectivity index (χ1) is 19.0. The molecule has 3 aliphatic heterocycles. The predicted molar refractivity (Wildman–Crippen MR) is 154 cm³/mol. The molecule has 2 amide bonds. The molecule has 0 aliphatic carbocycles. The van der Waals surface area contributed by atoms with Crippen molar-refractivity contribution in [3.05, 3.63) is 143 Å². The standard InChI is InChI=1S/C35H34N2O2/c1-25(28-16-8-4-9-17-28)36-32-22-30-20-12-13-21-31(30)24-35(34(36)39,23-27-14-6-3-7-15-27)37(33(32)38)26(2)29-18-10-5-11-19-29/h3-21,25-26,32H,22-24H2,1-2H3/t25?,26?,32?,35-/m0/s1. The van der Waals surface area contributed by atoms with Gasteiger partial charge >= 0.3 is 0 Å². The molecule has 3 heterocycles. The molecule has 0 aromatic heterocycles. The Morgan fingerprint density at radius 2 is 1.21 bits per heavy atom. The number of carbonyl (C=O) groups is 2. The van der Waals surface area contributed by atoms with E-state index < -0.39 is 11.6 Å². The van der Waals surface area contributed by atoms with Crippen molar-refractivity contribution in [3.63, 3.8) is 0 Å². The molecular formula is C35H34N2O2. The van der Waals surface area contributed by atoms with Crippen molar-refractivity contribution in [2.24, 2.45) is 0 Å². The minimum absolute atomic E-state index is 0.0270. The quantitative estimate of drug-likeness (QED) is 0.302. The van der Waals surface area contributed by atoms with Crippen LogP contribution in [-0.2, 0) is 28.9 Å². The average Bonchev–Trinajstić information content (AvgIpc) is 2.97. The molecule has 0 radical (unpaired) electrons. The summed E-state index contributed by atoms with van der Waals surface area (Å²) in [6.07, 6.45) is 1.44. The van der Waals surface area contributed by atoms with Crippen LogP contribution in [0.5, 0.6) is 0 Å². The molecule has 4 nitrogen and oxygen atoms in total. The first-order valence-corrected chi connectivity index (χ1v) is 13.9. The molecule has 3 unspecified atom stereocenters. The second kappa shape index (κ2) is 10.2. The highest BCUT2D eigenvalue weighted by Gasteiger charge is 2.59. The second-order valence-corrected chi connectivity index (χ2v) is 11.0. The third-order valence-corrected chi connectivity index (χ3v) is 8.67. The normalized spacial score (nSPS) is 22.2. The number of rotatable bonds is 6. The van der Waals surface area contributed by atoms with Crippen LogP contribution in [0.4, 0.5) is 0 Å². The van der Waals surface area contributed by atoms with E-state index in [2.05, 4.69) is 62.4 Å². The first kappa shape index (κ1) is 25.1. The van der Waals surface area contributed by atoms with Gasteiger partial charge in [0.1, 0.15) is 11.6 Å². The number of carbonyl (C=O) groups excluding carboxylic acids is 2. The Morgan fingerprint density at radius 3 is 1.82 bits per heavy atom. The molecule has 0 N–H and O–H groups in total. The third-order valence-electron chi connectivity index (χ3n) is 8.67. The topological polar surface area (TPSA) is 40.6 Å². The number of hydrogen-bond donors (Lipinski definition) is 0. The monoisotopic (exact) mass is 514 g/mol. The molecule has 1 fully saturated rings. The van der Waals surface area contributed by atoms with E-state index in [1.807, 2.05) is 76.5 Å². The molecule has 0 saturated carbocycles. The summed E-state index contributed by atoms with van der Waals surface area (Å²) in [4.78, 5) is 33.8. The molecule has 0 spiro atoms. The van der Waals surface area contributed by atoms with Crippen LogP contribution in [0.25, 0.3) is 0 Å². The van der Waals surface area contributed by atoms with Crippen molar-refractivity contribution in [3.8, 4) is 0 Å². The lowest BCUT2D eigenvalue weighted by atomic mass is 9.73. The highest BCUT2D eigenvalue weighted by atomic mass is 16.2. The Bertz CT molecular complexity index is 1470. The summed E-state index contributed by atoms with van der Waals surface area (Å²) in [5.41, 5.74) is 4.36. The number of benzene rings is 4. The van der Waals surface area contributed by atoms with Gasteiger partial charge in [0.15, 0.2) is 0 Å². The Hall–Kier alpha value is -4.18. The van der Waals surface area contributed by atoms with E-state index in [9.17, 15) is 4.79 Å². The molecule has 4 atom stereocenters. The predicted octanol–water partition coefficient (Wildman–Crippen LogP) is 6.33. The molecule has 2 bridgehead atoms. The molecular weight excluding hydrogens is 480 g/mol. The zero-order chi connectivity index (χ0) is 27.0. The highest BCUT2D eigenvalue weighted by molar-refractivity contribution is 6.01. The van der Waals surface area contributed by atoms with Gasteiger partial charge in [-0.2, -0.15) is 0 Å². The van der Waals surface area contributed by atoms with Crippen molar-refractivity contribution >= 4 is 11.8 Å². The number of fused-ring (bicyclic) bond motifs is 2. The molecule has 4 heteroatoms. The van der Waals surface area contributed by atoms with Gasteiger partial charge in [0.2, 0.25) is 11.8 Å². The van der Waals surface area contributed by atoms with Gasteiger partial charge in [0, 0.05) is 19.3 Å². The molecule has 7 rings (SSSR count). The SMILES string of the molecule is CC(c1ccccc1)N1C(=O)[C@]2(Cc3ccccc3)Cc3ccccc3CC1C(=O)N2C(C)c1ccccc1.